The van der Waals surface area contributed by atoms with Gasteiger partial charge in [0.05, 0.1) is 4.47 Å². The van der Waals surface area contributed by atoms with Crippen LogP contribution in [-0.4, -0.2) is 18.0 Å². The third-order valence-electron chi connectivity index (χ3n) is 4.25. The van der Waals surface area contributed by atoms with Crippen LogP contribution in [0.5, 0.6) is 0 Å². The van der Waals surface area contributed by atoms with Gasteiger partial charge in [0.15, 0.2) is 0 Å². The maximum Gasteiger partial charge on any atom is 0.224 e. The number of hydrogen-bond donors (Lipinski definition) is 2. The number of anilines is 1. The average Bonchev–Trinajstić information content (AvgIpc) is 2.73. The second kappa shape index (κ2) is 5.82. The van der Waals surface area contributed by atoms with Crippen molar-refractivity contribution in [1.29, 1.82) is 0 Å². The van der Waals surface area contributed by atoms with Crippen LogP contribution in [0, 0.1) is 11.7 Å². The van der Waals surface area contributed by atoms with Gasteiger partial charge in [-0.05, 0) is 65.7 Å². The molecule has 1 aromatic carbocycles. The van der Waals surface area contributed by atoms with E-state index in [2.05, 4.69) is 26.6 Å². The number of fused-ring (bicyclic) bond motifs is 2. The highest BCUT2D eigenvalue weighted by atomic mass is 79.9. The summed E-state index contributed by atoms with van der Waals surface area (Å²) in [6.45, 7) is 0. The van der Waals surface area contributed by atoms with E-state index in [1.165, 1.54) is 18.9 Å². The van der Waals surface area contributed by atoms with Crippen molar-refractivity contribution in [1.82, 2.24) is 5.32 Å². The number of piperidine rings is 1. The Bertz CT molecular complexity index is 511. The quantitative estimate of drug-likeness (QED) is 0.884. The number of benzene rings is 1. The zero-order valence-electron chi connectivity index (χ0n) is 11.2. The average molecular weight is 341 g/mol. The molecule has 0 spiro atoms. The molecule has 1 amide bonds. The Morgan fingerprint density at radius 2 is 2.05 bits per heavy atom. The van der Waals surface area contributed by atoms with Crippen LogP contribution in [0.4, 0.5) is 10.1 Å². The summed E-state index contributed by atoms with van der Waals surface area (Å²) < 4.78 is 13.8. The minimum Gasteiger partial charge on any atom is -0.326 e. The van der Waals surface area contributed by atoms with Crippen molar-refractivity contribution in [2.24, 2.45) is 5.92 Å². The van der Waals surface area contributed by atoms with E-state index in [1.807, 2.05) is 0 Å². The predicted molar refractivity (Wildman–Crippen MR) is 80.0 cm³/mol. The van der Waals surface area contributed by atoms with E-state index >= 15 is 0 Å². The Hall–Kier alpha value is -0.940. The van der Waals surface area contributed by atoms with Crippen molar-refractivity contribution in [3.05, 3.63) is 28.5 Å². The summed E-state index contributed by atoms with van der Waals surface area (Å²) >= 11 is 3.10. The lowest BCUT2D eigenvalue weighted by Gasteiger charge is -2.28. The van der Waals surface area contributed by atoms with Gasteiger partial charge in [0.1, 0.15) is 5.82 Å². The molecule has 2 atom stereocenters. The summed E-state index contributed by atoms with van der Waals surface area (Å²) in [6.07, 6.45) is 5.17. The van der Waals surface area contributed by atoms with Gasteiger partial charge in [-0.15, -0.1) is 0 Å². The summed E-state index contributed by atoms with van der Waals surface area (Å²) in [5, 5.41) is 6.36. The second-order valence-electron chi connectivity index (χ2n) is 5.86. The maximum absolute atomic E-state index is 13.4. The SMILES string of the molecule is O=C(CC1CC2CCC(C1)N2)Nc1ccc(Br)c(F)c1. The van der Waals surface area contributed by atoms with E-state index < -0.39 is 0 Å². The minimum atomic E-state index is -0.359. The van der Waals surface area contributed by atoms with Crippen molar-refractivity contribution in [3.63, 3.8) is 0 Å². The molecular weight excluding hydrogens is 323 g/mol. The maximum atomic E-state index is 13.4. The van der Waals surface area contributed by atoms with Gasteiger partial charge in [-0.1, -0.05) is 0 Å². The minimum absolute atomic E-state index is 0.0157. The van der Waals surface area contributed by atoms with E-state index in [9.17, 15) is 9.18 Å². The molecule has 0 saturated carbocycles. The van der Waals surface area contributed by atoms with Crippen LogP contribution in [0.15, 0.2) is 22.7 Å². The predicted octanol–water partition coefficient (Wildman–Crippen LogP) is 3.45. The van der Waals surface area contributed by atoms with Crippen molar-refractivity contribution >= 4 is 27.5 Å². The standard InChI is InChI=1S/C15H18BrFN2O/c16-13-4-3-12(8-14(13)17)19-15(20)7-9-5-10-1-2-11(6-9)18-10/h3-4,8-11,18H,1-2,5-7H2,(H,19,20). The zero-order valence-corrected chi connectivity index (χ0v) is 12.7. The van der Waals surface area contributed by atoms with Gasteiger partial charge in [0.25, 0.3) is 0 Å². The molecule has 2 saturated heterocycles. The fourth-order valence-electron chi connectivity index (χ4n) is 3.39. The number of carbonyl (C=O) groups is 1. The fraction of sp³-hybridized carbons (Fsp3) is 0.533. The van der Waals surface area contributed by atoms with Crippen LogP contribution in [-0.2, 0) is 4.79 Å². The molecular formula is C15H18BrFN2O. The third-order valence-corrected chi connectivity index (χ3v) is 4.89. The van der Waals surface area contributed by atoms with Gasteiger partial charge in [0, 0.05) is 24.2 Å². The van der Waals surface area contributed by atoms with Gasteiger partial charge in [-0.25, -0.2) is 4.39 Å². The van der Waals surface area contributed by atoms with Crippen molar-refractivity contribution in [2.45, 2.75) is 44.2 Å². The summed E-state index contributed by atoms with van der Waals surface area (Å²) in [4.78, 5) is 12.0. The molecule has 2 aliphatic heterocycles. The zero-order chi connectivity index (χ0) is 14.1. The molecule has 2 N–H and O–H groups in total. The van der Waals surface area contributed by atoms with Crippen LogP contribution >= 0.6 is 15.9 Å². The van der Waals surface area contributed by atoms with Gasteiger partial charge in [-0.2, -0.15) is 0 Å². The van der Waals surface area contributed by atoms with Crippen molar-refractivity contribution < 1.29 is 9.18 Å². The van der Waals surface area contributed by atoms with E-state index in [1.54, 1.807) is 12.1 Å². The molecule has 20 heavy (non-hydrogen) atoms. The topological polar surface area (TPSA) is 41.1 Å². The molecule has 2 aliphatic rings. The van der Waals surface area contributed by atoms with Crippen LogP contribution in [0.2, 0.25) is 0 Å². The first-order chi connectivity index (χ1) is 9.60. The van der Waals surface area contributed by atoms with Gasteiger partial charge < -0.3 is 10.6 Å². The van der Waals surface area contributed by atoms with Gasteiger partial charge in [-0.3, -0.25) is 4.79 Å². The highest BCUT2D eigenvalue weighted by molar-refractivity contribution is 9.10. The third kappa shape index (κ3) is 3.20. The summed E-state index contributed by atoms with van der Waals surface area (Å²) in [5.41, 5.74) is 0.521. The van der Waals surface area contributed by atoms with E-state index in [-0.39, 0.29) is 11.7 Å². The Labute approximate surface area is 126 Å². The van der Waals surface area contributed by atoms with Crippen LogP contribution in [0.3, 0.4) is 0 Å². The lowest BCUT2D eigenvalue weighted by Crippen LogP contribution is -2.39. The first-order valence-electron chi connectivity index (χ1n) is 7.11. The highest BCUT2D eigenvalue weighted by Gasteiger charge is 2.34. The van der Waals surface area contributed by atoms with Gasteiger partial charge >= 0.3 is 0 Å². The molecule has 108 valence electrons. The molecule has 0 aromatic heterocycles. The van der Waals surface area contributed by atoms with E-state index in [4.69, 9.17) is 0 Å². The Balaban J connectivity index is 1.55. The van der Waals surface area contributed by atoms with Crippen molar-refractivity contribution in [2.75, 3.05) is 5.32 Å². The lowest BCUT2D eigenvalue weighted by atomic mass is 9.89. The fourth-order valence-corrected chi connectivity index (χ4v) is 3.64. The number of carbonyl (C=O) groups excluding carboxylic acids is 1. The summed E-state index contributed by atoms with van der Waals surface area (Å²) in [5.74, 6) is 0.0785. The monoisotopic (exact) mass is 340 g/mol. The van der Waals surface area contributed by atoms with Gasteiger partial charge in [0.2, 0.25) is 5.91 Å². The number of nitrogens with one attached hydrogen (secondary N) is 2. The number of rotatable bonds is 3. The molecule has 2 fully saturated rings. The van der Waals surface area contributed by atoms with E-state index in [0.717, 1.165) is 12.8 Å². The summed E-state index contributed by atoms with van der Waals surface area (Å²) in [6, 6.07) is 5.84. The molecule has 2 unspecified atom stereocenters. The van der Waals surface area contributed by atoms with Crippen molar-refractivity contribution in [3.8, 4) is 0 Å². The Morgan fingerprint density at radius 3 is 2.70 bits per heavy atom. The molecule has 2 bridgehead atoms. The normalized spacial score (nSPS) is 28.4. The first-order valence-corrected chi connectivity index (χ1v) is 7.90. The summed E-state index contributed by atoms with van der Waals surface area (Å²) in [7, 11) is 0. The molecule has 3 nitrogen and oxygen atoms in total. The Morgan fingerprint density at radius 1 is 1.35 bits per heavy atom. The Kier molecular flexibility index (Phi) is 4.08. The molecule has 3 rings (SSSR count). The molecule has 0 aliphatic carbocycles. The number of hydrogen-bond acceptors (Lipinski definition) is 2. The first kappa shape index (κ1) is 14.0. The largest absolute Gasteiger partial charge is 0.326 e. The molecule has 2 heterocycles. The second-order valence-corrected chi connectivity index (χ2v) is 6.71. The lowest BCUT2D eigenvalue weighted by molar-refractivity contribution is -0.117. The van der Waals surface area contributed by atoms with Crippen LogP contribution in [0.25, 0.3) is 0 Å². The van der Waals surface area contributed by atoms with Crippen LogP contribution in [0.1, 0.15) is 32.1 Å². The molecule has 0 radical (unpaired) electrons. The molecule has 1 aromatic rings. The van der Waals surface area contributed by atoms with E-state index in [0.29, 0.717) is 34.6 Å². The number of halogens is 2. The highest BCUT2D eigenvalue weighted by Crippen LogP contribution is 2.32. The smallest absolute Gasteiger partial charge is 0.224 e. The number of amides is 1. The molecule has 5 heteroatoms. The van der Waals surface area contributed by atoms with Crippen LogP contribution < -0.4 is 10.6 Å².